The Labute approximate surface area is 94.9 Å². The van der Waals surface area contributed by atoms with Crippen LogP contribution in [0.2, 0.25) is 0 Å². The Bertz CT molecular complexity index is 508. The van der Waals surface area contributed by atoms with Gasteiger partial charge in [-0.05, 0) is 24.3 Å². The lowest BCUT2D eigenvalue weighted by Gasteiger charge is -2.13. The zero-order valence-corrected chi connectivity index (χ0v) is 8.62. The van der Waals surface area contributed by atoms with E-state index in [1.54, 1.807) is 0 Å². The van der Waals surface area contributed by atoms with Gasteiger partial charge in [0, 0.05) is 5.56 Å². The molecule has 3 nitrogen and oxygen atoms in total. The molecular weight excluding hydrogens is 233 g/mol. The van der Waals surface area contributed by atoms with E-state index in [9.17, 15) is 13.2 Å². The number of aromatic nitrogens is 2. The first-order valence-electron chi connectivity index (χ1n) is 4.83. The van der Waals surface area contributed by atoms with Gasteiger partial charge in [0.1, 0.15) is 12.4 Å². The molecule has 0 fully saturated rings. The maximum atomic E-state index is 13.4. The molecule has 1 aromatic carbocycles. The molecule has 1 aromatic heterocycles. The molecule has 0 spiro atoms. The second-order valence-electron chi connectivity index (χ2n) is 3.53. The van der Waals surface area contributed by atoms with Gasteiger partial charge >= 0.3 is 0 Å². The highest BCUT2D eigenvalue weighted by Gasteiger charge is 2.34. The van der Waals surface area contributed by atoms with Gasteiger partial charge < -0.3 is 5.11 Å². The number of hydrogen-bond acceptors (Lipinski definition) is 2. The summed E-state index contributed by atoms with van der Waals surface area (Å²) in [6.45, 7) is -1.30. The molecule has 90 valence electrons. The quantitative estimate of drug-likeness (QED) is 0.867. The molecule has 0 aliphatic rings. The summed E-state index contributed by atoms with van der Waals surface area (Å²) in [5, 5.41) is 14.6. The van der Waals surface area contributed by atoms with Crippen molar-refractivity contribution < 1.29 is 18.3 Å². The smallest absolute Gasteiger partial charge is 0.299 e. The molecular formula is C11H9F3N2O. The first kappa shape index (κ1) is 11.7. The molecule has 0 amide bonds. The standard InChI is InChI=1S/C11H9F3N2O/c12-8-3-1-7(2-4-8)10-9(5-15-16-10)11(13,14)6-17/h1-5,17H,6H2,(H,15,16). The molecule has 0 radical (unpaired) electrons. The number of aromatic amines is 1. The summed E-state index contributed by atoms with van der Waals surface area (Å²) in [7, 11) is 0. The molecule has 6 heteroatoms. The average molecular weight is 242 g/mol. The van der Waals surface area contributed by atoms with Gasteiger partial charge in [-0.15, -0.1) is 0 Å². The highest BCUT2D eigenvalue weighted by molar-refractivity contribution is 5.63. The summed E-state index contributed by atoms with van der Waals surface area (Å²) >= 11 is 0. The molecule has 0 atom stereocenters. The van der Waals surface area contributed by atoms with Gasteiger partial charge in [0.2, 0.25) is 0 Å². The number of halogens is 3. The molecule has 0 saturated carbocycles. The van der Waals surface area contributed by atoms with Gasteiger partial charge in [-0.2, -0.15) is 13.9 Å². The number of nitrogens with one attached hydrogen (secondary N) is 1. The number of nitrogens with zero attached hydrogens (tertiary/aromatic N) is 1. The highest BCUT2D eigenvalue weighted by atomic mass is 19.3. The molecule has 0 unspecified atom stereocenters. The minimum atomic E-state index is -3.38. The van der Waals surface area contributed by atoms with Crippen LogP contribution in [0.1, 0.15) is 5.56 Å². The van der Waals surface area contributed by atoms with E-state index in [0.29, 0.717) is 5.56 Å². The van der Waals surface area contributed by atoms with Crippen molar-refractivity contribution in [2.45, 2.75) is 5.92 Å². The topological polar surface area (TPSA) is 48.9 Å². The molecule has 0 saturated heterocycles. The van der Waals surface area contributed by atoms with Crippen LogP contribution in [0.25, 0.3) is 11.3 Å². The third-order valence-electron chi connectivity index (χ3n) is 2.36. The Morgan fingerprint density at radius 3 is 2.47 bits per heavy atom. The summed E-state index contributed by atoms with van der Waals surface area (Å²) in [6.07, 6.45) is 0.953. The van der Waals surface area contributed by atoms with Crippen molar-refractivity contribution in [2.24, 2.45) is 0 Å². The number of aliphatic hydroxyl groups excluding tert-OH is 1. The summed E-state index contributed by atoms with van der Waals surface area (Å²) in [6, 6.07) is 5.05. The Morgan fingerprint density at radius 1 is 1.24 bits per heavy atom. The molecule has 0 bridgehead atoms. The molecule has 0 aliphatic heterocycles. The van der Waals surface area contributed by atoms with Crippen LogP contribution in [-0.2, 0) is 5.92 Å². The van der Waals surface area contributed by atoms with Crippen LogP contribution in [0, 0.1) is 5.82 Å². The highest BCUT2D eigenvalue weighted by Crippen LogP contribution is 2.34. The number of aliphatic hydroxyl groups is 1. The minimum Gasteiger partial charge on any atom is -0.390 e. The van der Waals surface area contributed by atoms with E-state index in [-0.39, 0.29) is 5.69 Å². The lowest BCUT2D eigenvalue weighted by molar-refractivity contribution is -0.0551. The SMILES string of the molecule is OCC(F)(F)c1cn[nH]c1-c1ccc(F)cc1. The average Bonchev–Trinajstić information content (AvgIpc) is 2.80. The van der Waals surface area contributed by atoms with Crippen LogP contribution >= 0.6 is 0 Å². The fourth-order valence-corrected chi connectivity index (χ4v) is 1.49. The van der Waals surface area contributed by atoms with Crippen molar-refractivity contribution in [3.8, 4) is 11.3 Å². The van der Waals surface area contributed by atoms with Crippen LogP contribution in [0.15, 0.2) is 30.5 Å². The van der Waals surface area contributed by atoms with Crippen LogP contribution in [0.3, 0.4) is 0 Å². The number of alkyl halides is 2. The van der Waals surface area contributed by atoms with Gasteiger partial charge in [-0.1, -0.05) is 0 Å². The van der Waals surface area contributed by atoms with Crippen molar-refractivity contribution in [3.05, 3.63) is 41.8 Å². The Balaban J connectivity index is 2.47. The van der Waals surface area contributed by atoms with E-state index in [1.807, 2.05) is 0 Å². The maximum Gasteiger partial charge on any atom is 0.299 e. The van der Waals surface area contributed by atoms with Gasteiger partial charge in [0.15, 0.2) is 0 Å². The number of hydrogen-bond donors (Lipinski definition) is 2. The maximum absolute atomic E-state index is 13.4. The first-order chi connectivity index (χ1) is 8.04. The van der Waals surface area contributed by atoms with Gasteiger partial charge in [0.05, 0.1) is 17.5 Å². The Kier molecular flexibility index (Phi) is 2.89. The fourth-order valence-electron chi connectivity index (χ4n) is 1.49. The molecule has 1 heterocycles. The van der Waals surface area contributed by atoms with E-state index >= 15 is 0 Å². The zero-order chi connectivity index (χ0) is 12.5. The van der Waals surface area contributed by atoms with Gasteiger partial charge in [-0.25, -0.2) is 4.39 Å². The first-order valence-corrected chi connectivity index (χ1v) is 4.83. The summed E-state index contributed by atoms with van der Waals surface area (Å²) in [5.41, 5.74) is 0.0442. The molecule has 0 aliphatic carbocycles. The summed E-state index contributed by atoms with van der Waals surface area (Å²) < 4.78 is 39.4. The van der Waals surface area contributed by atoms with E-state index in [1.165, 1.54) is 12.1 Å². The number of benzene rings is 1. The lowest BCUT2D eigenvalue weighted by atomic mass is 10.0. The van der Waals surface area contributed by atoms with Gasteiger partial charge in [0.25, 0.3) is 5.92 Å². The summed E-state index contributed by atoms with van der Waals surface area (Å²) in [4.78, 5) is 0. The predicted molar refractivity (Wildman–Crippen MR) is 55.0 cm³/mol. The van der Waals surface area contributed by atoms with E-state index in [2.05, 4.69) is 10.2 Å². The largest absolute Gasteiger partial charge is 0.390 e. The monoisotopic (exact) mass is 242 g/mol. The van der Waals surface area contributed by atoms with E-state index < -0.39 is 23.9 Å². The van der Waals surface area contributed by atoms with Crippen LogP contribution in [-0.4, -0.2) is 21.9 Å². The van der Waals surface area contributed by atoms with E-state index in [0.717, 1.165) is 18.3 Å². The number of H-pyrrole nitrogens is 1. The third kappa shape index (κ3) is 2.16. The summed E-state index contributed by atoms with van der Waals surface area (Å²) in [5.74, 6) is -3.83. The second-order valence-corrected chi connectivity index (χ2v) is 3.53. The van der Waals surface area contributed by atoms with Crippen molar-refractivity contribution in [2.75, 3.05) is 6.61 Å². The van der Waals surface area contributed by atoms with Crippen molar-refractivity contribution in [1.82, 2.24) is 10.2 Å². The Hall–Kier alpha value is -1.82. The second kappa shape index (κ2) is 4.21. The van der Waals surface area contributed by atoms with Crippen LogP contribution in [0.4, 0.5) is 13.2 Å². The number of rotatable bonds is 3. The molecule has 2 rings (SSSR count). The van der Waals surface area contributed by atoms with Crippen molar-refractivity contribution >= 4 is 0 Å². The normalized spacial score (nSPS) is 11.8. The third-order valence-corrected chi connectivity index (χ3v) is 2.36. The van der Waals surface area contributed by atoms with E-state index in [4.69, 9.17) is 5.11 Å². The molecule has 17 heavy (non-hydrogen) atoms. The van der Waals surface area contributed by atoms with Crippen LogP contribution < -0.4 is 0 Å². The predicted octanol–water partition coefficient (Wildman–Crippen LogP) is 2.30. The molecule has 2 aromatic rings. The fraction of sp³-hybridized carbons (Fsp3) is 0.182. The minimum absolute atomic E-state index is 0.0732. The Morgan fingerprint density at radius 2 is 1.88 bits per heavy atom. The zero-order valence-electron chi connectivity index (χ0n) is 8.62. The van der Waals surface area contributed by atoms with Crippen molar-refractivity contribution in [1.29, 1.82) is 0 Å². The lowest BCUT2D eigenvalue weighted by Crippen LogP contribution is -2.18. The van der Waals surface area contributed by atoms with Crippen LogP contribution in [0.5, 0.6) is 0 Å². The van der Waals surface area contributed by atoms with Gasteiger partial charge in [-0.3, -0.25) is 5.10 Å². The van der Waals surface area contributed by atoms with Crippen molar-refractivity contribution in [3.63, 3.8) is 0 Å². The molecule has 2 N–H and O–H groups in total.